The second-order valence-corrected chi connectivity index (χ2v) is 11.1. The summed E-state index contributed by atoms with van der Waals surface area (Å²) >= 11 is 7.01. The van der Waals surface area contributed by atoms with Crippen LogP contribution in [0.1, 0.15) is 62.7 Å². The fourth-order valence-electron chi connectivity index (χ4n) is 4.78. The molecule has 0 aliphatic heterocycles. The predicted octanol–water partition coefficient (Wildman–Crippen LogP) is 8.66. The fraction of sp³-hybridized carbons (Fsp3) is 0.370. The van der Waals surface area contributed by atoms with Gasteiger partial charge in [0.05, 0.1) is 11.8 Å². The number of alkyl halides is 2. The third kappa shape index (κ3) is 4.37. The van der Waals surface area contributed by atoms with Gasteiger partial charge in [-0.3, -0.25) is 4.79 Å². The van der Waals surface area contributed by atoms with Crippen LogP contribution in [-0.4, -0.2) is 28.3 Å². The van der Waals surface area contributed by atoms with Gasteiger partial charge >= 0.3 is 0 Å². The van der Waals surface area contributed by atoms with Gasteiger partial charge in [-0.05, 0) is 63.1 Å². The summed E-state index contributed by atoms with van der Waals surface area (Å²) in [5, 5.41) is 1.64. The molecule has 2 atom stereocenters. The van der Waals surface area contributed by atoms with E-state index < -0.39 is 31.0 Å². The van der Waals surface area contributed by atoms with Crippen molar-refractivity contribution in [3.05, 3.63) is 68.9 Å². The van der Waals surface area contributed by atoms with Gasteiger partial charge in [0.2, 0.25) is 0 Å². The van der Waals surface area contributed by atoms with Crippen LogP contribution in [0.3, 0.4) is 0 Å². The molecule has 2 aromatic carbocycles. The number of ketones is 1. The highest BCUT2D eigenvalue weighted by Gasteiger charge is 2.34. The highest BCUT2D eigenvalue weighted by Crippen LogP contribution is 2.38. The van der Waals surface area contributed by atoms with Crippen LogP contribution in [0, 0.1) is 0 Å². The minimum atomic E-state index is -1.04. The molecule has 0 saturated carbocycles. The zero-order chi connectivity index (χ0) is 24.7. The Labute approximate surface area is 215 Å². The van der Waals surface area contributed by atoms with E-state index in [-0.39, 0.29) is 12.1 Å². The van der Waals surface area contributed by atoms with Crippen molar-refractivity contribution in [1.29, 1.82) is 0 Å². The van der Waals surface area contributed by atoms with Gasteiger partial charge in [-0.15, -0.1) is 0 Å². The van der Waals surface area contributed by atoms with Crippen LogP contribution in [0.5, 0.6) is 0 Å². The Morgan fingerprint density at radius 2 is 1.15 bits per heavy atom. The fourth-order valence-corrected chi connectivity index (χ4v) is 5.48. The van der Waals surface area contributed by atoms with E-state index >= 15 is 0 Å². The summed E-state index contributed by atoms with van der Waals surface area (Å²) in [5.74, 6) is -2.52. The van der Waals surface area contributed by atoms with Crippen LogP contribution in [0.15, 0.2) is 57.7 Å². The first-order chi connectivity index (χ1) is 16.2. The molecule has 2 unspecified atom stereocenters. The van der Waals surface area contributed by atoms with Gasteiger partial charge in [-0.2, -0.15) is 0 Å². The largest absolute Gasteiger partial charge is 0.345 e. The first kappa shape index (κ1) is 25.1. The van der Waals surface area contributed by atoms with Gasteiger partial charge in [0.25, 0.3) is 0 Å². The first-order valence-electron chi connectivity index (χ1n) is 11.4. The zero-order valence-corrected chi connectivity index (χ0v) is 22.8. The molecule has 0 saturated heterocycles. The number of carbonyl (C=O) groups excluding carboxylic acids is 1. The minimum absolute atomic E-state index is 0.125. The number of carbonyl (C=O) groups is 1. The summed E-state index contributed by atoms with van der Waals surface area (Å²) < 4.78 is 35.0. The van der Waals surface area contributed by atoms with Gasteiger partial charge in [-0.1, -0.05) is 44.0 Å². The van der Waals surface area contributed by atoms with Crippen LogP contribution < -0.4 is 0 Å². The molecule has 0 fully saturated rings. The second kappa shape index (κ2) is 9.94. The average molecular weight is 594 g/mol. The van der Waals surface area contributed by atoms with Crippen LogP contribution in [0.25, 0.3) is 21.8 Å². The molecule has 2 heterocycles. The average Bonchev–Trinajstić information content (AvgIpc) is 3.34. The van der Waals surface area contributed by atoms with Crippen molar-refractivity contribution in [3.63, 3.8) is 0 Å². The Hall–Kier alpha value is -1.99. The summed E-state index contributed by atoms with van der Waals surface area (Å²) in [5.41, 5.74) is 3.06. The van der Waals surface area contributed by atoms with Gasteiger partial charge < -0.3 is 9.13 Å². The first-order valence-corrected chi connectivity index (χ1v) is 13.0. The third-order valence-electron chi connectivity index (χ3n) is 6.51. The van der Waals surface area contributed by atoms with E-state index in [1.165, 1.54) is 0 Å². The number of rotatable bonds is 8. The molecular formula is C27H28Br2F2N2O. The Bertz CT molecular complexity index is 1250. The van der Waals surface area contributed by atoms with E-state index in [4.69, 9.17) is 0 Å². The van der Waals surface area contributed by atoms with Crippen molar-refractivity contribution in [2.45, 2.75) is 51.6 Å². The van der Waals surface area contributed by atoms with E-state index in [0.29, 0.717) is 11.1 Å². The number of benzene rings is 2. The maximum Gasteiger partial charge on any atom is 0.153 e. The molecule has 2 aromatic heterocycles. The van der Waals surface area contributed by atoms with E-state index in [2.05, 4.69) is 31.9 Å². The number of Topliss-reactive ketones (excluding diaryl/α,β-unsaturated/α-hetero) is 1. The second-order valence-electron chi connectivity index (χ2n) is 9.31. The SMILES string of the molecule is CC(C)n1cc(C(CF)C(=O)C(CF)c2cn(C(C)C)c3cc(Br)ccc23)c2ccc(Br)cc21. The zero-order valence-electron chi connectivity index (χ0n) is 19.7. The Balaban J connectivity index is 1.84. The van der Waals surface area contributed by atoms with Crippen molar-refractivity contribution in [2.24, 2.45) is 0 Å². The van der Waals surface area contributed by atoms with Crippen LogP contribution in [0.2, 0.25) is 0 Å². The topological polar surface area (TPSA) is 26.9 Å². The predicted molar refractivity (Wildman–Crippen MR) is 142 cm³/mol. The molecule has 4 rings (SSSR count). The van der Waals surface area contributed by atoms with Crippen LogP contribution in [0.4, 0.5) is 8.78 Å². The van der Waals surface area contributed by atoms with E-state index in [0.717, 1.165) is 30.8 Å². The van der Waals surface area contributed by atoms with Crippen molar-refractivity contribution in [2.75, 3.05) is 13.3 Å². The van der Waals surface area contributed by atoms with Gasteiger partial charge in [0, 0.05) is 55.2 Å². The molecular weight excluding hydrogens is 566 g/mol. The van der Waals surface area contributed by atoms with Crippen molar-refractivity contribution in [3.8, 4) is 0 Å². The normalized spacial score (nSPS) is 13.9. The Morgan fingerprint density at radius 3 is 1.47 bits per heavy atom. The molecule has 0 bridgehead atoms. The molecule has 4 aromatic rings. The molecule has 7 heteroatoms. The molecule has 0 spiro atoms. The van der Waals surface area contributed by atoms with Crippen molar-refractivity contribution < 1.29 is 13.6 Å². The van der Waals surface area contributed by atoms with Crippen molar-refractivity contribution >= 4 is 59.4 Å². The number of hydrogen-bond donors (Lipinski definition) is 0. The van der Waals surface area contributed by atoms with Crippen LogP contribution >= 0.6 is 31.9 Å². The number of aromatic nitrogens is 2. The molecule has 0 radical (unpaired) electrons. The lowest BCUT2D eigenvalue weighted by Gasteiger charge is -2.18. The van der Waals surface area contributed by atoms with Gasteiger partial charge in [-0.25, -0.2) is 8.78 Å². The van der Waals surface area contributed by atoms with Crippen LogP contribution in [-0.2, 0) is 4.79 Å². The number of nitrogens with zero attached hydrogens (tertiary/aromatic N) is 2. The molecule has 0 amide bonds. The standard InChI is InChI=1S/C27H28Br2F2N2O/c1-15(2)32-13-23(19-7-5-17(28)9-25(19)32)21(11-30)27(34)22(12-31)24-14-33(16(3)4)26-10-18(29)6-8-20(24)26/h5-10,13-16,21-22H,11-12H2,1-4H3. The Kier molecular flexibility index (Phi) is 7.34. The van der Waals surface area contributed by atoms with Crippen molar-refractivity contribution in [1.82, 2.24) is 9.13 Å². The maximum absolute atomic E-state index is 14.6. The lowest BCUT2D eigenvalue weighted by Crippen LogP contribution is -2.23. The molecule has 0 aliphatic rings. The summed E-state index contributed by atoms with van der Waals surface area (Å²) in [6.07, 6.45) is 3.71. The lowest BCUT2D eigenvalue weighted by molar-refractivity contribution is -0.122. The maximum atomic E-state index is 14.6. The number of hydrogen-bond acceptors (Lipinski definition) is 1. The van der Waals surface area contributed by atoms with Gasteiger partial charge in [0.1, 0.15) is 13.3 Å². The summed E-state index contributed by atoms with van der Waals surface area (Å²) in [4.78, 5) is 13.8. The molecule has 0 N–H and O–H groups in total. The quantitative estimate of drug-likeness (QED) is 0.201. The molecule has 0 aliphatic carbocycles. The highest BCUT2D eigenvalue weighted by molar-refractivity contribution is 9.10. The number of halogens is 4. The van der Waals surface area contributed by atoms with E-state index in [1.54, 1.807) is 0 Å². The summed E-state index contributed by atoms with van der Waals surface area (Å²) in [6.45, 7) is 6.41. The highest BCUT2D eigenvalue weighted by atomic mass is 79.9. The van der Waals surface area contributed by atoms with E-state index in [9.17, 15) is 13.6 Å². The molecule has 3 nitrogen and oxygen atoms in total. The monoisotopic (exact) mass is 592 g/mol. The van der Waals surface area contributed by atoms with Gasteiger partial charge in [0.15, 0.2) is 5.78 Å². The third-order valence-corrected chi connectivity index (χ3v) is 7.50. The molecule has 34 heavy (non-hydrogen) atoms. The minimum Gasteiger partial charge on any atom is -0.345 e. The smallest absolute Gasteiger partial charge is 0.153 e. The number of fused-ring (bicyclic) bond motifs is 2. The Morgan fingerprint density at radius 1 is 0.765 bits per heavy atom. The lowest BCUT2D eigenvalue weighted by atomic mass is 9.84. The molecule has 180 valence electrons. The summed E-state index contributed by atoms with van der Waals surface area (Å²) in [6, 6.07) is 11.8. The summed E-state index contributed by atoms with van der Waals surface area (Å²) in [7, 11) is 0. The van der Waals surface area contributed by atoms with E-state index in [1.807, 2.05) is 85.6 Å².